The van der Waals surface area contributed by atoms with Gasteiger partial charge in [0.15, 0.2) is 0 Å². The van der Waals surface area contributed by atoms with Gasteiger partial charge >= 0.3 is 0 Å². The molecule has 0 aromatic heterocycles. The minimum Gasteiger partial charge on any atom is -0.487 e. The van der Waals surface area contributed by atoms with Crippen LogP contribution in [0.2, 0.25) is 5.02 Å². The van der Waals surface area contributed by atoms with Crippen LogP contribution in [0.4, 0.5) is 0 Å². The molecular weight excluding hydrogens is 412 g/mol. The Bertz CT molecular complexity index is 1020. The molecule has 2 aromatic rings. The first kappa shape index (κ1) is 21.6. The van der Waals surface area contributed by atoms with Crippen LogP contribution < -0.4 is 10.1 Å². The number of rotatable bonds is 5. The van der Waals surface area contributed by atoms with E-state index >= 15 is 0 Å². The number of halogens is 1. The van der Waals surface area contributed by atoms with E-state index in [1.165, 1.54) is 31.3 Å². The van der Waals surface area contributed by atoms with Crippen molar-refractivity contribution in [1.29, 1.82) is 0 Å². The summed E-state index contributed by atoms with van der Waals surface area (Å²) in [7, 11) is -2.41. The van der Waals surface area contributed by atoms with Crippen molar-refractivity contribution < 1.29 is 17.9 Å². The molecule has 3 rings (SSSR count). The number of fused-ring (bicyclic) bond motifs is 1. The number of amides is 1. The zero-order valence-electron chi connectivity index (χ0n) is 16.9. The zero-order chi connectivity index (χ0) is 21.4. The van der Waals surface area contributed by atoms with Crippen LogP contribution in [0.1, 0.15) is 37.4 Å². The summed E-state index contributed by atoms with van der Waals surface area (Å²) in [6.07, 6.45) is 0.586. The van der Waals surface area contributed by atoms with Crippen LogP contribution in [0.5, 0.6) is 5.75 Å². The fourth-order valence-electron chi connectivity index (χ4n) is 3.40. The van der Waals surface area contributed by atoms with Crippen molar-refractivity contribution in [3.05, 3.63) is 58.6 Å². The Morgan fingerprint density at radius 2 is 1.90 bits per heavy atom. The molecule has 0 saturated heterocycles. The molecular formula is C21H25ClN2O4S. The number of carbonyl (C=O) groups excluding carboxylic acids is 1. The highest BCUT2D eigenvalue weighted by Crippen LogP contribution is 2.39. The zero-order valence-corrected chi connectivity index (χ0v) is 18.5. The average molecular weight is 437 g/mol. The lowest BCUT2D eigenvalue weighted by atomic mass is 9.89. The molecule has 0 spiro atoms. The molecule has 1 heterocycles. The minimum atomic E-state index is -3.79. The van der Waals surface area contributed by atoms with Gasteiger partial charge in [-0.2, -0.15) is 4.31 Å². The smallest absolute Gasteiger partial charge is 0.243 e. The number of likely N-dealkylation sites (N-methyl/N-ethyl adjacent to an activating group) is 1. The Labute approximate surface area is 176 Å². The first-order valence-corrected chi connectivity index (χ1v) is 11.1. The highest BCUT2D eigenvalue weighted by atomic mass is 35.5. The van der Waals surface area contributed by atoms with Crippen molar-refractivity contribution in [3.8, 4) is 5.75 Å². The number of ether oxygens (including phenoxy) is 1. The third kappa shape index (κ3) is 4.91. The number of sulfonamides is 1. The molecule has 1 amide bonds. The van der Waals surface area contributed by atoms with E-state index in [4.69, 9.17) is 16.3 Å². The van der Waals surface area contributed by atoms with E-state index in [1.807, 2.05) is 39.0 Å². The van der Waals surface area contributed by atoms with E-state index in [2.05, 4.69) is 5.32 Å². The van der Waals surface area contributed by atoms with Crippen molar-refractivity contribution in [3.63, 3.8) is 0 Å². The Kier molecular flexibility index (Phi) is 5.94. The minimum absolute atomic E-state index is 0.0882. The standard InChI is InChI=1S/C21H25ClN2O4S/c1-14-5-10-17-18(12-21(2,3)28-19(17)11-14)23-20(25)13-24(4)29(26,27)16-8-6-15(22)7-9-16/h5-11,18H,12-13H2,1-4H3,(H,23,25). The predicted octanol–water partition coefficient (Wildman–Crippen LogP) is 3.69. The largest absolute Gasteiger partial charge is 0.487 e. The first-order valence-electron chi connectivity index (χ1n) is 9.29. The molecule has 0 aliphatic carbocycles. The average Bonchev–Trinajstić information content (AvgIpc) is 2.60. The Balaban J connectivity index is 1.74. The van der Waals surface area contributed by atoms with Crippen LogP contribution >= 0.6 is 11.6 Å². The summed E-state index contributed by atoms with van der Waals surface area (Å²) in [4.78, 5) is 12.8. The number of nitrogens with one attached hydrogen (secondary N) is 1. The van der Waals surface area contributed by atoms with Crippen LogP contribution in [0, 0.1) is 6.92 Å². The fraction of sp³-hybridized carbons (Fsp3) is 0.381. The summed E-state index contributed by atoms with van der Waals surface area (Å²) in [6.45, 7) is 5.63. The van der Waals surface area contributed by atoms with Crippen LogP contribution in [-0.4, -0.2) is 37.8 Å². The molecule has 29 heavy (non-hydrogen) atoms. The second kappa shape index (κ2) is 7.97. The van der Waals surface area contributed by atoms with Crippen molar-refractivity contribution >= 4 is 27.5 Å². The van der Waals surface area contributed by atoms with Crippen molar-refractivity contribution in [2.75, 3.05) is 13.6 Å². The molecule has 1 unspecified atom stereocenters. The Morgan fingerprint density at radius 1 is 1.24 bits per heavy atom. The maximum atomic E-state index is 12.7. The molecule has 0 radical (unpaired) electrons. The fourth-order valence-corrected chi connectivity index (χ4v) is 4.65. The third-order valence-electron chi connectivity index (χ3n) is 4.85. The van der Waals surface area contributed by atoms with Gasteiger partial charge in [0.2, 0.25) is 15.9 Å². The van der Waals surface area contributed by atoms with Gasteiger partial charge in [0.1, 0.15) is 11.4 Å². The summed E-state index contributed by atoms with van der Waals surface area (Å²) in [5.41, 5.74) is 1.52. The summed E-state index contributed by atoms with van der Waals surface area (Å²) >= 11 is 5.83. The number of benzene rings is 2. The lowest BCUT2D eigenvalue weighted by molar-refractivity contribution is -0.122. The van der Waals surface area contributed by atoms with Gasteiger partial charge < -0.3 is 10.1 Å². The molecule has 6 nitrogen and oxygen atoms in total. The van der Waals surface area contributed by atoms with E-state index in [1.54, 1.807) is 0 Å². The van der Waals surface area contributed by atoms with Crippen molar-refractivity contribution in [1.82, 2.24) is 9.62 Å². The molecule has 2 aromatic carbocycles. The number of hydrogen-bond acceptors (Lipinski definition) is 4. The maximum absolute atomic E-state index is 12.7. The van der Waals surface area contributed by atoms with E-state index in [0.29, 0.717) is 11.4 Å². The summed E-state index contributed by atoms with van der Waals surface area (Å²) in [5, 5.41) is 3.41. The van der Waals surface area contributed by atoms with E-state index in [-0.39, 0.29) is 23.4 Å². The van der Waals surface area contributed by atoms with E-state index in [0.717, 1.165) is 21.2 Å². The number of hydrogen-bond donors (Lipinski definition) is 1. The van der Waals surface area contributed by atoms with Gasteiger partial charge in [-0.05, 0) is 56.7 Å². The van der Waals surface area contributed by atoms with E-state index in [9.17, 15) is 13.2 Å². The Hall–Kier alpha value is -2.09. The lowest BCUT2D eigenvalue weighted by Crippen LogP contribution is -2.44. The molecule has 0 fully saturated rings. The topological polar surface area (TPSA) is 75.7 Å². The van der Waals surface area contributed by atoms with Gasteiger partial charge in [0.25, 0.3) is 0 Å². The summed E-state index contributed by atoms with van der Waals surface area (Å²) < 4.78 is 32.5. The van der Waals surface area contributed by atoms with Gasteiger partial charge in [-0.1, -0.05) is 23.7 Å². The van der Waals surface area contributed by atoms with Crippen molar-refractivity contribution in [2.45, 2.75) is 43.7 Å². The summed E-state index contributed by atoms with van der Waals surface area (Å²) in [6, 6.07) is 11.5. The number of nitrogens with zero attached hydrogens (tertiary/aromatic N) is 1. The second-order valence-corrected chi connectivity index (χ2v) is 10.4. The number of aryl methyl sites for hydroxylation is 1. The normalized spacial score (nSPS) is 18.1. The molecule has 1 aliphatic rings. The summed E-state index contributed by atoms with van der Waals surface area (Å²) in [5.74, 6) is 0.368. The SMILES string of the molecule is Cc1ccc2c(c1)OC(C)(C)CC2NC(=O)CN(C)S(=O)(=O)c1ccc(Cl)cc1. The molecule has 8 heteroatoms. The molecule has 1 N–H and O–H groups in total. The van der Waals surface area contributed by atoms with Crippen LogP contribution in [0.3, 0.4) is 0 Å². The Morgan fingerprint density at radius 3 is 2.55 bits per heavy atom. The van der Waals surface area contributed by atoms with Gasteiger partial charge in [-0.3, -0.25) is 4.79 Å². The van der Waals surface area contributed by atoms with Gasteiger partial charge in [-0.15, -0.1) is 0 Å². The lowest BCUT2D eigenvalue weighted by Gasteiger charge is -2.38. The highest BCUT2D eigenvalue weighted by Gasteiger charge is 2.35. The van der Waals surface area contributed by atoms with Gasteiger partial charge in [0.05, 0.1) is 17.5 Å². The third-order valence-corrected chi connectivity index (χ3v) is 6.92. The highest BCUT2D eigenvalue weighted by molar-refractivity contribution is 7.89. The molecule has 156 valence electrons. The van der Waals surface area contributed by atoms with E-state index < -0.39 is 15.6 Å². The van der Waals surface area contributed by atoms with Crippen LogP contribution in [-0.2, 0) is 14.8 Å². The first-order chi connectivity index (χ1) is 13.5. The monoisotopic (exact) mass is 436 g/mol. The van der Waals surface area contributed by atoms with Crippen LogP contribution in [0.15, 0.2) is 47.4 Å². The second-order valence-electron chi connectivity index (χ2n) is 7.94. The predicted molar refractivity (Wildman–Crippen MR) is 113 cm³/mol. The molecule has 1 aliphatic heterocycles. The molecule has 0 bridgehead atoms. The molecule has 0 saturated carbocycles. The van der Waals surface area contributed by atoms with Gasteiger partial charge in [-0.25, -0.2) is 8.42 Å². The molecule has 1 atom stereocenters. The quantitative estimate of drug-likeness (QED) is 0.775. The van der Waals surface area contributed by atoms with Gasteiger partial charge in [0, 0.05) is 24.1 Å². The van der Waals surface area contributed by atoms with Crippen molar-refractivity contribution in [2.24, 2.45) is 0 Å². The number of carbonyl (C=O) groups is 1. The maximum Gasteiger partial charge on any atom is 0.243 e. The van der Waals surface area contributed by atoms with Crippen LogP contribution in [0.25, 0.3) is 0 Å².